The molecular formula is C20H22N2O2. The standard InChI is InChI=1S/C20H22N2O2/c1-15-10-11-18(17(13-15)20(23)24-2)21-19-9-6-12-22(19)14-16-7-4-3-5-8-16/h3-5,7-8,10-11,13H,6,9,12,14H2,1-2H3/b21-19+. The van der Waals surface area contributed by atoms with E-state index < -0.39 is 0 Å². The van der Waals surface area contributed by atoms with Gasteiger partial charge in [-0.05, 0) is 31.0 Å². The summed E-state index contributed by atoms with van der Waals surface area (Å²) >= 11 is 0. The number of benzene rings is 2. The minimum atomic E-state index is -0.342. The molecule has 0 bridgehead atoms. The summed E-state index contributed by atoms with van der Waals surface area (Å²) in [6, 6.07) is 16.1. The van der Waals surface area contributed by atoms with Crippen molar-refractivity contribution in [2.24, 2.45) is 4.99 Å². The van der Waals surface area contributed by atoms with Crippen molar-refractivity contribution in [2.75, 3.05) is 13.7 Å². The number of carbonyl (C=O) groups is 1. The smallest absolute Gasteiger partial charge is 0.340 e. The van der Waals surface area contributed by atoms with Crippen molar-refractivity contribution in [3.05, 3.63) is 65.2 Å². The largest absolute Gasteiger partial charge is 0.465 e. The van der Waals surface area contributed by atoms with Crippen LogP contribution in [0.5, 0.6) is 0 Å². The van der Waals surface area contributed by atoms with Crippen LogP contribution < -0.4 is 0 Å². The molecule has 0 N–H and O–H groups in total. The molecule has 1 fully saturated rings. The Bertz CT molecular complexity index is 753. The van der Waals surface area contributed by atoms with Gasteiger partial charge in [-0.15, -0.1) is 0 Å². The van der Waals surface area contributed by atoms with Crippen LogP contribution in [0.1, 0.15) is 34.3 Å². The highest BCUT2D eigenvalue weighted by Crippen LogP contribution is 2.25. The van der Waals surface area contributed by atoms with E-state index in [1.165, 1.54) is 12.7 Å². The van der Waals surface area contributed by atoms with Gasteiger partial charge in [-0.2, -0.15) is 0 Å². The molecule has 0 radical (unpaired) electrons. The number of ether oxygens (including phenoxy) is 1. The number of carbonyl (C=O) groups excluding carboxylic acids is 1. The van der Waals surface area contributed by atoms with Crippen molar-refractivity contribution >= 4 is 17.5 Å². The second-order valence-corrected chi connectivity index (χ2v) is 6.05. The fraction of sp³-hybridized carbons (Fsp3) is 0.300. The third-order valence-electron chi connectivity index (χ3n) is 4.22. The van der Waals surface area contributed by atoms with Gasteiger partial charge in [0.25, 0.3) is 0 Å². The Morgan fingerprint density at radius 2 is 2.00 bits per heavy atom. The summed E-state index contributed by atoms with van der Waals surface area (Å²) in [6.07, 6.45) is 2.02. The lowest BCUT2D eigenvalue weighted by Crippen LogP contribution is -2.24. The maximum Gasteiger partial charge on any atom is 0.340 e. The molecule has 24 heavy (non-hydrogen) atoms. The second kappa shape index (κ2) is 7.30. The maximum absolute atomic E-state index is 12.0. The third-order valence-corrected chi connectivity index (χ3v) is 4.22. The molecule has 0 amide bonds. The van der Waals surface area contributed by atoms with Crippen molar-refractivity contribution in [1.82, 2.24) is 4.90 Å². The van der Waals surface area contributed by atoms with E-state index in [9.17, 15) is 4.79 Å². The third kappa shape index (κ3) is 3.65. The monoisotopic (exact) mass is 322 g/mol. The fourth-order valence-electron chi connectivity index (χ4n) is 2.98. The van der Waals surface area contributed by atoms with Crippen molar-refractivity contribution in [1.29, 1.82) is 0 Å². The number of hydrogen-bond donors (Lipinski definition) is 0. The summed E-state index contributed by atoms with van der Waals surface area (Å²) in [7, 11) is 1.40. The van der Waals surface area contributed by atoms with E-state index in [0.717, 1.165) is 37.3 Å². The highest BCUT2D eigenvalue weighted by Gasteiger charge is 2.20. The SMILES string of the molecule is COC(=O)c1cc(C)ccc1/N=C1\CCCN1Cc1ccccc1. The van der Waals surface area contributed by atoms with E-state index in [0.29, 0.717) is 11.3 Å². The lowest BCUT2D eigenvalue weighted by molar-refractivity contribution is 0.0601. The fourth-order valence-corrected chi connectivity index (χ4v) is 2.98. The van der Waals surface area contributed by atoms with Crippen LogP contribution in [0.2, 0.25) is 0 Å². The van der Waals surface area contributed by atoms with Crippen molar-refractivity contribution in [2.45, 2.75) is 26.3 Å². The molecule has 3 rings (SSSR count). The summed E-state index contributed by atoms with van der Waals surface area (Å²) in [5.74, 6) is 0.693. The molecule has 1 heterocycles. The number of likely N-dealkylation sites (tertiary alicyclic amines) is 1. The van der Waals surface area contributed by atoms with E-state index in [4.69, 9.17) is 9.73 Å². The molecule has 0 atom stereocenters. The van der Waals surface area contributed by atoms with Crippen LogP contribution in [0.15, 0.2) is 53.5 Å². The highest BCUT2D eigenvalue weighted by atomic mass is 16.5. The molecule has 1 saturated heterocycles. The molecule has 0 spiro atoms. The first-order valence-corrected chi connectivity index (χ1v) is 8.23. The molecular weight excluding hydrogens is 300 g/mol. The first-order chi connectivity index (χ1) is 11.7. The molecule has 0 aromatic heterocycles. The summed E-state index contributed by atoms with van der Waals surface area (Å²) in [6.45, 7) is 3.80. The van der Waals surface area contributed by atoms with Crippen molar-refractivity contribution < 1.29 is 9.53 Å². The van der Waals surface area contributed by atoms with Gasteiger partial charge in [-0.25, -0.2) is 9.79 Å². The Morgan fingerprint density at radius 3 is 2.75 bits per heavy atom. The van der Waals surface area contributed by atoms with Crippen LogP contribution in [0, 0.1) is 6.92 Å². The van der Waals surface area contributed by atoms with E-state index in [1.807, 2.05) is 31.2 Å². The van der Waals surface area contributed by atoms with Gasteiger partial charge in [0.2, 0.25) is 0 Å². The van der Waals surface area contributed by atoms with Crippen LogP contribution in [0.25, 0.3) is 0 Å². The summed E-state index contributed by atoms with van der Waals surface area (Å²) in [5.41, 5.74) is 3.50. The number of nitrogens with zero attached hydrogens (tertiary/aromatic N) is 2. The number of esters is 1. The molecule has 4 heteroatoms. The minimum Gasteiger partial charge on any atom is -0.465 e. The average Bonchev–Trinajstić information content (AvgIpc) is 3.03. The van der Waals surface area contributed by atoms with Gasteiger partial charge in [0.1, 0.15) is 5.84 Å². The van der Waals surface area contributed by atoms with Gasteiger partial charge >= 0.3 is 5.97 Å². The molecule has 0 saturated carbocycles. The molecule has 2 aromatic rings. The molecule has 124 valence electrons. The number of aliphatic imine (C=N–C) groups is 1. The maximum atomic E-state index is 12.0. The number of methoxy groups -OCH3 is 1. The number of rotatable bonds is 4. The zero-order chi connectivity index (χ0) is 16.9. The zero-order valence-electron chi connectivity index (χ0n) is 14.2. The Labute approximate surface area is 142 Å². The Morgan fingerprint density at radius 1 is 1.21 bits per heavy atom. The van der Waals surface area contributed by atoms with Gasteiger partial charge < -0.3 is 9.64 Å². The van der Waals surface area contributed by atoms with Crippen LogP contribution in [0.4, 0.5) is 5.69 Å². The first-order valence-electron chi connectivity index (χ1n) is 8.23. The van der Waals surface area contributed by atoms with Gasteiger partial charge in [-0.1, -0.05) is 42.0 Å². The average molecular weight is 322 g/mol. The van der Waals surface area contributed by atoms with Gasteiger partial charge in [-0.3, -0.25) is 0 Å². The first kappa shape index (κ1) is 16.2. The van der Waals surface area contributed by atoms with Crippen LogP contribution in [0.3, 0.4) is 0 Å². The lowest BCUT2D eigenvalue weighted by Gasteiger charge is -2.19. The molecule has 2 aromatic carbocycles. The Balaban J connectivity index is 1.88. The van der Waals surface area contributed by atoms with Gasteiger partial charge in [0.05, 0.1) is 18.4 Å². The van der Waals surface area contributed by atoms with E-state index >= 15 is 0 Å². The van der Waals surface area contributed by atoms with Crippen molar-refractivity contribution in [3.63, 3.8) is 0 Å². The number of hydrogen-bond acceptors (Lipinski definition) is 3. The van der Waals surface area contributed by atoms with Crippen molar-refractivity contribution in [3.8, 4) is 0 Å². The van der Waals surface area contributed by atoms with Crippen LogP contribution in [-0.4, -0.2) is 30.4 Å². The Hall–Kier alpha value is -2.62. The predicted molar refractivity (Wildman–Crippen MR) is 95.7 cm³/mol. The number of aryl methyl sites for hydroxylation is 1. The minimum absolute atomic E-state index is 0.342. The zero-order valence-corrected chi connectivity index (χ0v) is 14.2. The lowest BCUT2D eigenvalue weighted by atomic mass is 10.1. The normalized spacial score (nSPS) is 15.8. The summed E-state index contributed by atoms with van der Waals surface area (Å²) < 4.78 is 4.90. The topological polar surface area (TPSA) is 41.9 Å². The molecule has 1 aliphatic heterocycles. The Kier molecular flexibility index (Phi) is 4.94. The molecule has 0 unspecified atom stereocenters. The molecule has 0 aliphatic carbocycles. The summed E-state index contributed by atoms with van der Waals surface area (Å²) in [4.78, 5) is 19.1. The van der Waals surface area contributed by atoms with Gasteiger partial charge in [0.15, 0.2) is 0 Å². The van der Waals surface area contributed by atoms with E-state index in [2.05, 4.69) is 29.2 Å². The highest BCUT2D eigenvalue weighted by molar-refractivity contribution is 5.97. The second-order valence-electron chi connectivity index (χ2n) is 6.05. The quantitative estimate of drug-likeness (QED) is 0.796. The van der Waals surface area contributed by atoms with Gasteiger partial charge in [0, 0.05) is 19.5 Å². The predicted octanol–water partition coefficient (Wildman–Crippen LogP) is 4.11. The van der Waals surface area contributed by atoms with E-state index in [1.54, 1.807) is 0 Å². The molecule has 1 aliphatic rings. The van der Waals surface area contributed by atoms with E-state index in [-0.39, 0.29) is 5.97 Å². The van der Waals surface area contributed by atoms with Crippen LogP contribution >= 0.6 is 0 Å². The van der Waals surface area contributed by atoms with Crippen LogP contribution in [-0.2, 0) is 11.3 Å². The number of amidine groups is 1. The molecule has 4 nitrogen and oxygen atoms in total. The summed E-state index contributed by atoms with van der Waals surface area (Å²) in [5, 5.41) is 0.